The maximum absolute atomic E-state index is 13.1. The number of unbranched alkanes of at least 4 members (excludes halogenated alkanes) is 2. The summed E-state index contributed by atoms with van der Waals surface area (Å²) in [6, 6.07) is -2.31. The molecule has 0 aliphatic carbocycles. The van der Waals surface area contributed by atoms with E-state index in [0.717, 1.165) is 6.42 Å². The number of carboxylic acids is 1. The molecule has 0 amide bonds. The van der Waals surface area contributed by atoms with E-state index in [1.165, 1.54) is 20.8 Å². The normalized spacial score (nSPS) is 17.3. The minimum absolute atomic E-state index is 0.0955. The van der Waals surface area contributed by atoms with Gasteiger partial charge in [0.2, 0.25) is 0 Å². The molecule has 126 valence electrons. The lowest BCUT2D eigenvalue weighted by molar-refractivity contribution is -0.176. The Hall–Kier alpha value is -0.630. The van der Waals surface area contributed by atoms with Crippen molar-refractivity contribution in [3.63, 3.8) is 0 Å². The van der Waals surface area contributed by atoms with Crippen molar-refractivity contribution in [1.29, 1.82) is 0 Å². The largest absolute Gasteiger partial charge is 0.481 e. The molecular weight excluding hydrogens is 307 g/mol. The Bertz CT molecular complexity index is 367. The zero-order valence-electron chi connectivity index (χ0n) is 12.8. The van der Waals surface area contributed by atoms with Gasteiger partial charge in [0.1, 0.15) is 6.04 Å². The molecule has 2 N–H and O–H groups in total. The number of alkyl halides is 3. The first-order valence-corrected chi connectivity index (χ1v) is 8.03. The molecule has 0 aliphatic heterocycles. The van der Waals surface area contributed by atoms with Crippen LogP contribution in [0.15, 0.2) is 0 Å². The molecule has 0 rings (SSSR count). The molecule has 0 heterocycles. The van der Waals surface area contributed by atoms with Crippen LogP contribution in [-0.2, 0) is 15.8 Å². The Balaban J connectivity index is 5.17. The molecule has 4 nitrogen and oxygen atoms in total. The highest BCUT2D eigenvalue weighted by Crippen LogP contribution is 2.30. The lowest BCUT2D eigenvalue weighted by Crippen LogP contribution is -2.53. The van der Waals surface area contributed by atoms with Crippen LogP contribution in [-0.4, -0.2) is 32.2 Å². The minimum Gasteiger partial charge on any atom is -0.481 e. The van der Waals surface area contributed by atoms with Gasteiger partial charge in [0.05, 0.1) is 21.7 Å². The minimum atomic E-state index is -4.77. The number of carbonyl (C=O) groups is 1. The summed E-state index contributed by atoms with van der Waals surface area (Å²) in [7, 11) is -1.99. The molecule has 0 saturated carbocycles. The fourth-order valence-corrected chi connectivity index (χ4v) is 2.60. The molecule has 0 saturated heterocycles. The Labute approximate surface area is 126 Å². The molecule has 0 aromatic carbocycles. The molecule has 0 spiro atoms. The summed E-state index contributed by atoms with van der Waals surface area (Å²) in [4.78, 5) is 11.2. The first-order valence-electron chi connectivity index (χ1n) is 6.88. The van der Waals surface area contributed by atoms with Crippen LogP contribution in [0.5, 0.6) is 0 Å². The van der Waals surface area contributed by atoms with Gasteiger partial charge in [-0.05, 0) is 27.2 Å². The summed E-state index contributed by atoms with van der Waals surface area (Å²) >= 11 is 0. The van der Waals surface area contributed by atoms with Gasteiger partial charge in [-0.3, -0.25) is 4.79 Å². The maximum atomic E-state index is 13.1. The maximum Gasteiger partial charge on any atom is 0.405 e. The van der Waals surface area contributed by atoms with E-state index in [9.17, 15) is 22.2 Å². The van der Waals surface area contributed by atoms with E-state index in [0.29, 0.717) is 12.8 Å². The Morgan fingerprint density at radius 2 is 1.76 bits per heavy atom. The first-order chi connectivity index (χ1) is 9.41. The third kappa shape index (κ3) is 7.26. The number of carboxylic acid groups (broad SMARTS) is 1. The third-order valence-corrected chi connectivity index (χ3v) is 4.56. The highest BCUT2D eigenvalue weighted by atomic mass is 32.2. The van der Waals surface area contributed by atoms with Crippen LogP contribution in [0.2, 0.25) is 0 Å². The fourth-order valence-electron chi connectivity index (χ4n) is 1.72. The van der Waals surface area contributed by atoms with E-state index in [2.05, 4.69) is 0 Å². The van der Waals surface area contributed by atoms with Crippen LogP contribution >= 0.6 is 0 Å². The van der Waals surface area contributed by atoms with Gasteiger partial charge < -0.3 is 5.11 Å². The summed E-state index contributed by atoms with van der Waals surface area (Å²) in [5, 5.41) is 9.08. The molecule has 0 radical (unpaired) electrons. The SMILES string of the molecule is CCCCC[C@@H](C(=O)O)[C@@H](N[S@](=O)C(C)(C)C)C(F)(F)F. The number of hydrogen-bond donors (Lipinski definition) is 2. The zero-order chi connectivity index (χ0) is 16.8. The van der Waals surface area contributed by atoms with Crippen LogP contribution in [0.25, 0.3) is 0 Å². The average Bonchev–Trinajstić information content (AvgIpc) is 2.29. The molecule has 3 atom stereocenters. The van der Waals surface area contributed by atoms with Gasteiger partial charge in [0.25, 0.3) is 0 Å². The van der Waals surface area contributed by atoms with Crippen LogP contribution in [0.4, 0.5) is 13.2 Å². The molecule has 0 aromatic rings. The van der Waals surface area contributed by atoms with Gasteiger partial charge in [-0.1, -0.05) is 26.2 Å². The third-order valence-electron chi connectivity index (χ3n) is 2.98. The Morgan fingerprint density at radius 3 is 2.10 bits per heavy atom. The van der Waals surface area contributed by atoms with Crippen LogP contribution in [0.3, 0.4) is 0 Å². The van der Waals surface area contributed by atoms with Crippen LogP contribution < -0.4 is 4.72 Å². The van der Waals surface area contributed by atoms with Gasteiger partial charge in [0, 0.05) is 0 Å². The number of halogens is 3. The standard InChI is InChI=1S/C13H24F3NO3S/c1-5-6-7-8-9(11(18)19)10(13(14,15)16)17-21(20)12(2,3)4/h9-10,17H,5-8H2,1-4H3,(H,18,19)/t9-,10-,21-/m1/s1. The lowest BCUT2D eigenvalue weighted by atomic mass is 9.93. The van der Waals surface area contributed by atoms with Crippen molar-refractivity contribution in [3.8, 4) is 0 Å². The summed E-state index contributed by atoms with van der Waals surface area (Å²) in [6.45, 7) is 6.45. The van der Waals surface area contributed by atoms with Crippen molar-refractivity contribution in [2.75, 3.05) is 0 Å². The number of hydrogen-bond acceptors (Lipinski definition) is 2. The van der Waals surface area contributed by atoms with Crippen molar-refractivity contribution in [2.45, 2.75) is 70.3 Å². The Morgan fingerprint density at radius 1 is 1.24 bits per heavy atom. The zero-order valence-corrected chi connectivity index (χ0v) is 13.6. The quantitative estimate of drug-likeness (QED) is 0.671. The fraction of sp³-hybridized carbons (Fsp3) is 0.923. The van der Waals surface area contributed by atoms with Gasteiger partial charge in [-0.15, -0.1) is 0 Å². The summed E-state index contributed by atoms with van der Waals surface area (Å²) in [5.41, 5.74) is 0. The van der Waals surface area contributed by atoms with E-state index in [-0.39, 0.29) is 6.42 Å². The monoisotopic (exact) mass is 331 g/mol. The van der Waals surface area contributed by atoms with E-state index in [4.69, 9.17) is 5.11 Å². The average molecular weight is 331 g/mol. The van der Waals surface area contributed by atoms with Crippen molar-refractivity contribution in [3.05, 3.63) is 0 Å². The number of aliphatic carboxylic acids is 1. The topological polar surface area (TPSA) is 66.4 Å². The summed E-state index contributed by atoms with van der Waals surface area (Å²) < 4.78 is 52.3. The second kappa shape index (κ2) is 8.12. The molecule has 0 fully saturated rings. The molecular formula is C13H24F3NO3S. The Kier molecular flexibility index (Phi) is 7.88. The number of rotatable bonds is 8. The highest BCUT2D eigenvalue weighted by Gasteiger charge is 2.48. The molecule has 21 heavy (non-hydrogen) atoms. The van der Waals surface area contributed by atoms with Crippen LogP contribution in [0, 0.1) is 5.92 Å². The highest BCUT2D eigenvalue weighted by molar-refractivity contribution is 7.84. The van der Waals surface area contributed by atoms with Crippen LogP contribution in [0.1, 0.15) is 53.4 Å². The molecule has 8 heteroatoms. The second-order valence-corrected chi connectivity index (χ2v) is 7.96. The van der Waals surface area contributed by atoms with Gasteiger partial charge in [-0.25, -0.2) is 8.93 Å². The van der Waals surface area contributed by atoms with Crippen molar-refractivity contribution in [2.24, 2.45) is 5.92 Å². The van der Waals surface area contributed by atoms with Gasteiger partial charge in [-0.2, -0.15) is 13.2 Å². The smallest absolute Gasteiger partial charge is 0.405 e. The molecule has 0 unspecified atom stereocenters. The summed E-state index contributed by atoms with van der Waals surface area (Å²) in [5.74, 6) is -3.16. The van der Waals surface area contributed by atoms with Gasteiger partial charge >= 0.3 is 12.1 Å². The number of nitrogens with one attached hydrogen (secondary N) is 1. The molecule has 0 bridgehead atoms. The first kappa shape index (κ1) is 20.4. The van der Waals surface area contributed by atoms with E-state index < -0.39 is 39.8 Å². The van der Waals surface area contributed by atoms with E-state index in [1.807, 2.05) is 11.6 Å². The van der Waals surface area contributed by atoms with Crippen molar-refractivity contribution < 1.29 is 27.3 Å². The summed E-state index contributed by atoms with van der Waals surface area (Å²) in [6.07, 6.45) is -3.02. The van der Waals surface area contributed by atoms with Crippen molar-refractivity contribution in [1.82, 2.24) is 4.72 Å². The second-order valence-electron chi connectivity index (χ2n) is 5.96. The predicted molar refractivity (Wildman–Crippen MR) is 76.1 cm³/mol. The lowest BCUT2D eigenvalue weighted by Gasteiger charge is -2.29. The predicted octanol–water partition coefficient (Wildman–Crippen LogP) is 3.25. The van der Waals surface area contributed by atoms with E-state index in [1.54, 1.807) is 0 Å². The van der Waals surface area contributed by atoms with E-state index >= 15 is 0 Å². The van der Waals surface area contributed by atoms with Gasteiger partial charge in [0.15, 0.2) is 0 Å². The molecule has 0 aliphatic rings. The van der Waals surface area contributed by atoms with Crippen molar-refractivity contribution >= 4 is 17.0 Å². The molecule has 0 aromatic heterocycles.